The molecule has 2 heterocycles. The molecule has 0 radical (unpaired) electrons. The van der Waals surface area contributed by atoms with Crippen molar-refractivity contribution in [3.05, 3.63) is 126 Å². The molecule has 0 spiro atoms. The maximum atomic E-state index is 13.8. The molecule has 3 aromatic carbocycles. The van der Waals surface area contributed by atoms with Gasteiger partial charge in [0.1, 0.15) is 0 Å². The molecule has 6 heteroatoms. The molecular formula is C29H25N3O3. The van der Waals surface area contributed by atoms with Crippen LogP contribution in [0.25, 0.3) is 0 Å². The number of imidazole rings is 1. The summed E-state index contributed by atoms with van der Waals surface area (Å²) in [5.74, 6) is -0.511. The summed E-state index contributed by atoms with van der Waals surface area (Å²) in [6.45, 7) is 0. The number of nitrogens with zero attached hydrogens (tertiary/aromatic N) is 3. The van der Waals surface area contributed by atoms with Crippen LogP contribution >= 0.6 is 0 Å². The third kappa shape index (κ3) is 4.43. The first-order valence-electron chi connectivity index (χ1n) is 11.5. The van der Waals surface area contributed by atoms with Crippen molar-refractivity contribution in [3.63, 3.8) is 0 Å². The summed E-state index contributed by atoms with van der Waals surface area (Å²) in [5, 5.41) is 0. The third-order valence-corrected chi connectivity index (χ3v) is 6.40. The SMILES string of the molecule is Cn1ccnc1C(=O)C[C@H](c1ccccc1)[C@]1(Cc2ccccc2)OC(c2ccccc2)=NC1=O. The number of ether oxygens (including phenoxy) is 1. The van der Waals surface area contributed by atoms with Gasteiger partial charge in [-0.15, -0.1) is 0 Å². The molecule has 0 N–H and O–H groups in total. The molecule has 1 aliphatic heterocycles. The second-order valence-corrected chi connectivity index (χ2v) is 8.69. The Morgan fingerprint density at radius 2 is 1.57 bits per heavy atom. The molecule has 2 atom stereocenters. The molecule has 0 saturated heterocycles. The predicted octanol–water partition coefficient (Wildman–Crippen LogP) is 4.76. The van der Waals surface area contributed by atoms with E-state index < -0.39 is 11.5 Å². The topological polar surface area (TPSA) is 73.6 Å². The Labute approximate surface area is 203 Å². The summed E-state index contributed by atoms with van der Waals surface area (Å²) in [6, 6.07) is 28.7. The highest BCUT2D eigenvalue weighted by atomic mass is 16.5. The van der Waals surface area contributed by atoms with Gasteiger partial charge in [-0.2, -0.15) is 4.99 Å². The van der Waals surface area contributed by atoms with Gasteiger partial charge in [-0.25, -0.2) is 4.98 Å². The molecule has 0 aliphatic carbocycles. The lowest BCUT2D eigenvalue weighted by Crippen LogP contribution is -2.46. The first-order chi connectivity index (χ1) is 17.1. The van der Waals surface area contributed by atoms with E-state index in [1.807, 2.05) is 91.0 Å². The number of Topliss-reactive ketones (excluding diaryl/α,β-unsaturated/α-hetero) is 1. The van der Waals surface area contributed by atoms with Crippen LogP contribution in [0.3, 0.4) is 0 Å². The van der Waals surface area contributed by atoms with Gasteiger partial charge in [0, 0.05) is 43.8 Å². The van der Waals surface area contributed by atoms with Crippen molar-refractivity contribution >= 4 is 17.6 Å². The minimum Gasteiger partial charge on any atom is -0.459 e. The maximum absolute atomic E-state index is 13.8. The summed E-state index contributed by atoms with van der Waals surface area (Å²) in [4.78, 5) is 35.8. The van der Waals surface area contributed by atoms with Crippen LogP contribution in [0, 0.1) is 0 Å². The Kier molecular flexibility index (Phi) is 6.10. The van der Waals surface area contributed by atoms with Crippen LogP contribution in [0.15, 0.2) is 108 Å². The maximum Gasteiger partial charge on any atom is 0.294 e. The Morgan fingerprint density at radius 1 is 0.943 bits per heavy atom. The van der Waals surface area contributed by atoms with Crippen LogP contribution in [-0.2, 0) is 23.0 Å². The molecule has 1 aromatic heterocycles. The van der Waals surface area contributed by atoms with E-state index in [2.05, 4.69) is 9.98 Å². The smallest absolute Gasteiger partial charge is 0.294 e. The van der Waals surface area contributed by atoms with E-state index >= 15 is 0 Å². The molecule has 0 bridgehead atoms. The first kappa shape index (κ1) is 22.5. The minimum atomic E-state index is -1.38. The highest BCUT2D eigenvalue weighted by molar-refractivity contribution is 6.10. The van der Waals surface area contributed by atoms with E-state index in [1.165, 1.54) is 0 Å². The van der Waals surface area contributed by atoms with Gasteiger partial charge in [-0.05, 0) is 23.3 Å². The lowest BCUT2D eigenvalue weighted by atomic mass is 9.74. The van der Waals surface area contributed by atoms with E-state index in [0.29, 0.717) is 5.82 Å². The van der Waals surface area contributed by atoms with Crippen molar-refractivity contribution in [2.24, 2.45) is 12.0 Å². The van der Waals surface area contributed by atoms with E-state index in [1.54, 1.807) is 24.0 Å². The predicted molar refractivity (Wildman–Crippen MR) is 133 cm³/mol. The molecular weight excluding hydrogens is 438 g/mol. The van der Waals surface area contributed by atoms with Gasteiger partial charge in [0.25, 0.3) is 5.91 Å². The summed E-state index contributed by atoms with van der Waals surface area (Å²) in [6.07, 6.45) is 3.65. The number of aromatic nitrogens is 2. The fraction of sp³-hybridized carbons (Fsp3) is 0.172. The zero-order chi connectivity index (χ0) is 24.3. The normalized spacial score (nSPS) is 18.1. The summed E-state index contributed by atoms with van der Waals surface area (Å²) < 4.78 is 8.23. The van der Waals surface area contributed by atoms with Gasteiger partial charge in [0.2, 0.25) is 11.5 Å². The molecule has 5 rings (SSSR count). The van der Waals surface area contributed by atoms with Gasteiger partial charge in [0.15, 0.2) is 11.6 Å². The molecule has 0 fully saturated rings. The van der Waals surface area contributed by atoms with Crippen molar-refractivity contribution in [1.29, 1.82) is 0 Å². The molecule has 35 heavy (non-hydrogen) atoms. The monoisotopic (exact) mass is 463 g/mol. The van der Waals surface area contributed by atoms with E-state index in [9.17, 15) is 9.59 Å². The molecule has 1 aliphatic rings. The number of aliphatic imine (C=N–C) groups is 1. The highest BCUT2D eigenvalue weighted by Crippen LogP contribution is 2.42. The molecule has 0 unspecified atom stereocenters. The van der Waals surface area contributed by atoms with Crippen LogP contribution in [0.1, 0.15) is 39.6 Å². The molecule has 174 valence electrons. The average molecular weight is 464 g/mol. The molecule has 1 amide bonds. The molecule has 0 saturated carbocycles. The van der Waals surface area contributed by atoms with Crippen molar-refractivity contribution < 1.29 is 14.3 Å². The number of carbonyl (C=O) groups excluding carboxylic acids is 2. The van der Waals surface area contributed by atoms with Gasteiger partial charge in [-0.3, -0.25) is 9.59 Å². The number of rotatable bonds is 8. The fourth-order valence-corrected chi connectivity index (χ4v) is 4.63. The Morgan fingerprint density at radius 3 is 2.20 bits per heavy atom. The summed E-state index contributed by atoms with van der Waals surface area (Å²) in [5.41, 5.74) is 1.10. The summed E-state index contributed by atoms with van der Waals surface area (Å²) in [7, 11) is 1.78. The van der Waals surface area contributed by atoms with Crippen LogP contribution in [0.4, 0.5) is 0 Å². The Bertz CT molecular complexity index is 1360. The van der Waals surface area contributed by atoms with Crippen LogP contribution in [0.5, 0.6) is 0 Å². The van der Waals surface area contributed by atoms with E-state index in [4.69, 9.17) is 4.74 Å². The third-order valence-electron chi connectivity index (χ3n) is 6.40. The number of aryl methyl sites for hydroxylation is 1. The van der Waals surface area contributed by atoms with Gasteiger partial charge in [0.05, 0.1) is 0 Å². The van der Waals surface area contributed by atoms with Gasteiger partial charge < -0.3 is 9.30 Å². The number of ketones is 1. The second kappa shape index (κ2) is 9.50. The van der Waals surface area contributed by atoms with Gasteiger partial charge in [-0.1, -0.05) is 78.9 Å². The van der Waals surface area contributed by atoms with Crippen molar-refractivity contribution in [1.82, 2.24) is 9.55 Å². The lowest BCUT2D eigenvalue weighted by molar-refractivity contribution is -0.132. The zero-order valence-electron chi connectivity index (χ0n) is 19.4. The number of amides is 1. The van der Waals surface area contributed by atoms with Gasteiger partial charge >= 0.3 is 0 Å². The van der Waals surface area contributed by atoms with E-state index in [0.717, 1.165) is 16.7 Å². The second-order valence-electron chi connectivity index (χ2n) is 8.69. The number of hydrogen-bond donors (Lipinski definition) is 0. The van der Waals surface area contributed by atoms with Crippen LogP contribution < -0.4 is 0 Å². The van der Waals surface area contributed by atoms with Crippen molar-refractivity contribution in [2.75, 3.05) is 0 Å². The van der Waals surface area contributed by atoms with E-state index in [-0.39, 0.29) is 30.4 Å². The van der Waals surface area contributed by atoms with Crippen LogP contribution in [-0.4, -0.2) is 32.7 Å². The molecule has 4 aromatic rings. The number of carbonyl (C=O) groups is 2. The number of hydrogen-bond acceptors (Lipinski definition) is 4. The van der Waals surface area contributed by atoms with Crippen molar-refractivity contribution in [2.45, 2.75) is 24.4 Å². The first-order valence-corrected chi connectivity index (χ1v) is 11.5. The average Bonchev–Trinajstić information content (AvgIpc) is 3.47. The number of benzene rings is 3. The minimum absolute atomic E-state index is 0.0467. The Balaban J connectivity index is 1.61. The quantitative estimate of drug-likeness (QED) is 0.353. The summed E-state index contributed by atoms with van der Waals surface area (Å²) >= 11 is 0. The zero-order valence-corrected chi connectivity index (χ0v) is 19.4. The Hall–Kier alpha value is -4.32. The molecule has 6 nitrogen and oxygen atoms in total. The lowest BCUT2D eigenvalue weighted by Gasteiger charge is -2.35. The fourth-order valence-electron chi connectivity index (χ4n) is 4.63. The van der Waals surface area contributed by atoms with Crippen LogP contribution in [0.2, 0.25) is 0 Å². The largest absolute Gasteiger partial charge is 0.459 e. The highest BCUT2D eigenvalue weighted by Gasteiger charge is 2.54. The standard InChI is InChI=1S/C29H25N3O3/c1-32-18-17-30-26(32)25(33)19-24(22-13-7-3-8-14-22)29(20-21-11-5-2-6-12-21)28(34)31-27(35-29)23-15-9-4-10-16-23/h2-18,24H,19-20H2,1H3/t24-,29+/m1/s1. The van der Waals surface area contributed by atoms with Crippen molar-refractivity contribution in [3.8, 4) is 0 Å².